The van der Waals surface area contributed by atoms with Gasteiger partial charge in [0, 0.05) is 12.8 Å². The zero-order valence-corrected chi connectivity index (χ0v) is 18.1. The molecule has 1 amide bonds. The van der Waals surface area contributed by atoms with Gasteiger partial charge in [0.2, 0.25) is 11.4 Å². The maximum Gasteiger partial charge on any atom is 0.340 e. The van der Waals surface area contributed by atoms with Crippen LogP contribution >= 0.6 is 0 Å². The van der Waals surface area contributed by atoms with Crippen molar-refractivity contribution in [2.45, 2.75) is 44.1 Å². The number of esters is 1. The van der Waals surface area contributed by atoms with Gasteiger partial charge in [-0.15, -0.1) is 0 Å². The first kappa shape index (κ1) is 22.3. The normalized spacial score (nSPS) is 22.7. The lowest BCUT2D eigenvalue weighted by molar-refractivity contribution is -0.174. The van der Waals surface area contributed by atoms with Gasteiger partial charge in [-0.3, -0.25) is 14.5 Å². The average Bonchev–Trinajstić information content (AvgIpc) is 3.07. The Bertz CT molecular complexity index is 1080. The molecule has 7 nitrogen and oxygen atoms in total. The Balaban J connectivity index is 1.64. The van der Waals surface area contributed by atoms with E-state index in [1.807, 2.05) is 72.8 Å². The predicted octanol–water partition coefficient (Wildman–Crippen LogP) is 3.91. The number of hydrogen-bond acceptors (Lipinski definition) is 5. The fourth-order valence-electron chi connectivity index (χ4n) is 4.10. The molecule has 0 radical (unpaired) electrons. The van der Waals surface area contributed by atoms with Gasteiger partial charge in [0.15, 0.2) is 6.23 Å². The summed E-state index contributed by atoms with van der Waals surface area (Å²) in [5.41, 5.74) is 0.313. The monoisotopic (exact) mass is 447 g/mol. The van der Waals surface area contributed by atoms with E-state index in [1.165, 1.54) is 4.90 Å². The van der Waals surface area contributed by atoms with Crippen molar-refractivity contribution in [1.82, 2.24) is 4.90 Å². The molecule has 2 heterocycles. The summed E-state index contributed by atoms with van der Waals surface area (Å²) in [6.07, 6.45) is 5.13. The van der Waals surface area contributed by atoms with Gasteiger partial charge < -0.3 is 14.6 Å². The number of carboxylic acids is 1. The molecule has 0 spiro atoms. The summed E-state index contributed by atoms with van der Waals surface area (Å²) in [6, 6.07) is 18.9. The van der Waals surface area contributed by atoms with Gasteiger partial charge in [-0.2, -0.15) is 0 Å². The van der Waals surface area contributed by atoms with Crippen LogP contribution in [0, 0.1) is 0 Å². The van der Waals surface area contributed by atoms with E-state index in [1.54, 1.807) is 6.08 Å². The van der Waals surface area contributed by atoms with Crippen molar-refractivity contribution in [3.63, 3.8) is 0 Å². The minimum absolute atomic E-state index is 0.0545. The number of aliphatic carboxylic acids is 1. The van der Waals surface area contributed by atoms with Crippen LogP contribution in [0.3, 0.4) is 0 Å². The molecular weight excluding hydrogens is 422 g/mol. The summed E-state index contributed by atoms with van der Waals surface area (Å²) in [5, 5.41) is 9.03. The zero-order chi connectivity index (χ0) is 23.3. The van der Waals surface area contributed by atoms with E-state index in [0.29, 0.717) is 0 Å². The molecule has 7 heteroatoms. The number of hydrogen-bond donors (Lipinski definition) is 1. The number of allylic oxidation sites excluding steroid dienone is 1. The zero-order valence-electron chi connectivity index (χ0n) is 18.1. The van der Waals surface area contributed by atoms with Crippen molar-refractivity contribution in [3.05, 3.63) is 89.7 Å². The summed E-state index contributed by atoms with van der Waals surface area (Å²) in [7, 11) is 0. The quantitative estimate of drug-likeness (QED) is 0.463. The second-order valence-electron chi connectivity index (χ2n) is 7.98. The van der Waals surface area contributed by atoms with Crippen LogP contribution < -0.4 is 0 Å². The number of ether oxygens (including phenoxy) is 2. The lowest BCUT2D eigenvalue weighted by Crippen LogP contribution is -2.62. The smallest absolute Gasteiger partial charge is 0.340 e. The van der Waals surface area contributed by atoms with E-state index in [2.05, 4.69) is 0 Å². The third-order valence-electron chi connectivity index (χ3n) is 5.75. The van der Waals surface area contributed by atoms with E-state index in [0.717, 1.165) is 11.1 Å². The molecule has 0 aromatic heterocycles. The van der Waals surface area contributed by atoms with Crippen molar-refractivity contribution in [2.75, 3.05) is 0 Å². The average molecular weight is 447 g/mol. The Morgan fingerprint density at radius 2 is 1.82 bits per heavy atom. The Morgan fingerprint density at radius 1 is 1.12 bits per heavy atom. The fourth-order valence-corrected chi connectivity index (χ4v) is 4.10. The molecule has 170 valence electrons. The van der Waals surface area contributed by atoms with Crippen molar-refractivity contribution in [3.8, 4) is 0 Å². The second-order valence-corrected chi connectivity index (χ2v) is 7.98. The van der Waals surface area contributed by atoms with E-state index < -0.39 is 23.7 Å². The summed E-state index contributed by atoms with van der Waals surface area (Å²) in [6.45, 7) is 0.0545. The SMILES string of the molecule is O=C(O)CCC=C1OC2CC(=O)N2C1(CC=Cc1ccccc1)C(=O)OCc1ccccc1. The molecule has 2 atom stereocenters. The van der Waals surface area contributed by atoms with Crippen molar-refractivity contribution >= 4 is 23.9 Å². The molecule has 1 N–H and O–H groups in total. The third kappa shape index (κ3) is 4.67. The Labute approximate surface area is 191 Å². The molecule has 2 aliphatic heterocycles. The van der Waals surface area contributed by atoms with Gasteiger partial charge in [0.1, 0.15) is 12.4 Å². The van der Waals surface area contributed by atoms with Crippen LogP contribution in [0.25, 0.3) is 6.08 Å². The Kier molecular flexibility index (Phi) is 6.58. The largest absolute Gasteiger partial charge is 0.481 e. The van der Waals surface area contributed by atoms with Gasteiger partial charge in [0.25, 0.3) is 0 Å². The summed E-state index contributed by atoms with van der Waals surface area (Å²) in [5.74, 6) is -1.48. The lowest BCUT2D eigenvalue weighted by atomic mass is 9.87. The molecule has 0 aliphatic carbocycles. The van der Waals surface area contributed by atoms with Gasteiger partial charge in [-0.05, 0) is 23.6 Å². The Hall–Kier alpha value is -3.87. The van der Waals surface area contributed by atoms with Gasteiger partial charge in [0.05, 0.1) is 6.42 Å². The molecule has 2 aromatic carbocycles. The van der Waals surface area contributed by atoms with Crippen LogP contribution in [0.4, 0.5) is 0 Å². The van der Waals surface area contributed by atoms with E-state index in [4.69, 9.17) is 14.6 Å². The number of benzene rings is 2. The number of carboxylic acid groups (broad SMARTS) is 1. The van der Waals surface area contributed by atoms with Crippen LogP contribution in [0.2, 0.25) is 0 Å². The van der Waals surface area contributed by atoms with Crippen molar-refractivity contribution < 1.29 is 29.0 Å². The molecule has 33 heavy (non-hydrogen) atoms. The standard InChI is InChI=1S/C26H25NO6/c28-22-17-23-27(22)26(21(33-23)14-7-15-24(29)30,16-8-13-19-9-3-1-4-10-19)25(31)32-18-20-11-5-2-6-12-20/h1-6,8-14,23H,7,15-18H2,(H,29,30). The molecule has 2 aliphatic rings. The van der Waals surface area contributed by atoms with Crippen LogP contribution in [-0.4, -0.2) is 39.6 Å². The van der Waals surface area contributed by atoms with Gasteiger partial charge in [-0.25, -0.2) is 4.79 Å². The van der Waals surface area contributed by atoms with Crippen LogP contribution in [0.1, 0.15) is 36.8 Å². The molecule has 4 rings (SSSR count). The molecular formula is C26H25NO6. The summed E-state index contributed by atoms with van der Waals surface area (Å²) >= 11 is 0. The molecule has 0 saturated carbocycles. The highest BCUT2D eigenvalue weighted by Gasteiger charge is 2.64. The number of rotatable bonds is 9. The highest BCUT2D eigenvalue weighted by atomic mass is 16.6. The minimum atomic E-state index is -1.46. The van der Waals surface area contributed by atoms with Crippen molar-refractivity contribution in [2.24, 2.45) is 0 Å². The summed E-state index contributed by atoms with van der Waals surface area (Å²) < 4.78 is 11.6. The molecule has 2 fully saturated rings. The van der Waals surface area contributed by atoms with E-state index in [9.17, 15) is 14.4 Å². The number of nitrogens with zero attached hydrogens (tertiary/aromatic N) is 1. The lowest BCUT2D eigenvalue weighted by Gasteiger charge is -2.41. The second kappa shape index (κ2) is 9.73. The minimum Gasteiger partial charge on any atom is -0.481 e. The third-order valence-corrected chi connectivity index (χ3v) is 5.75. The number of carbonyl (C=O) groups is 3. The molecule has 2 saturated heterocycles. The number of β-lactam (4-membered cyclic amide) rings is 1. The first-order chi connectivity index (χ1) is 16.0. The molecule has 2 unspecified atom stereocenters. The van der Waals surface area contributed by atoms with Crippen LogP contribution in [0.15, 0.2) is 78.6 Å². The highest BCUT2D eigenvalue weighted by molar-refractivity contribution is 5.95. The van der Waals surface area contributed by atoms with Gasteiger partial charge >= 0.3 is 11.9 Å². The number of carbonyl (C=O) groups excluding carboxylic acids is 2. The Morgan fingerprint density at radius 3 is 2.48 bits per heavy atom. The topological polar surface area (TPSA) is 93.1 Å². The fraction of sp³-hybridized carbons (Fsp3) is 0.269. The number of amides is 1. The van der Waals surface area contributed by atoms with Crippen molar-refractivity contribution in [1.29, 1.82) is 0 Å². The number of fused-ring (bicyclic) bond motifs is 1. The maximum absolute atomic E-state index is 13.5. The van der Waals surface area contributed by atoms with Crippen LogP contribution in [0.5, 0.6) is 0 Å². The van der Waals surface area contributed by atoms with Gasteiger partial charge in [-0.1, -0.05) is 72.8 Å². The van der Waals surface area contributed by atoms with E-state index in [-0.39, 0.29) is 44.0 Å². The first-order valence-electron chi connectivity index (χ1n) is 10.8. The molecule has 2 aromatic rings. The first-order valence-corrected chi connectivity index (χ1v) is 10.8. The predicted molar refractivity (Wildman–Crippen MR) is 120 cm³/mol. The van der Waals surface area contributed by atoms with Crippen LogP contribution in [-0.2, 0) is 30.5 Å². The summed E-state index contributed by atoms with van der Waals surface area (Å²) in [4.78, 5) is 38.5. The maximum atomic E-state index is 13.5. The van der Waals surface area contributed by atoms with E-state index >= 15 is 0 Å². The molecule has 0 bridgehead atoms. The highest BCUT2D eigenvalue weighted by Crippen LogP contribution is 2.47.